The molecule has 5 rings (SSSR count). The van der Waals surface area contributed by atoms with Crippen molar-refractivity contribution in [2.45, 2.75) is 0 Å². The van der Waals surface area contributed by atoms with Gasteiger partial charge in [-0.3, -0.25) is 0 Å². The molecule has 3 heterocycles. The number of H-pyrrole nitrogens is 1. The Bertz CT molecular complexity index is 1190. The first-order valence-electron chi connectivity index (χ1n) is 8.28. The first-order valence-corrected chi connectivity index (χ1v) is 8.28. The highest BCUT2D eigenvalue weighted by Crippen LogP contribution is 2.28. The van der Waals surface area contributed by atoms with Crippen LogP contribution in [0.25, 0.3) is 44.5 Å². The van der Waals surface area contributed by atoms with E-state index in [4.69, 9.17) is 9.97 Å². The Hall–Kier alpha value is -3.46. The van der Waals surface area contributed by atoms with Crippen LogP contribution < -0.4 is 0 Å². The second-order valence-electron chi connectivity index (χ2n) is 6.05. The molecule has 1 N–H and O–H groups in total. The van der Waals surface area contributed by atoms with Crippen molar-refractivity contribution in [3.63, 3.8) is 0 Å². The number of aromatic amines is 1. The molecule has 0 aliphatic heterocycles. The van der Waals surface area contributed by atoms with Crippen LogP contribution in [0.15, 0.2) is 85.1 Å². The first kappa shape index (κ1) is 13.9. The summed E-state index contributed by atoms with van der Waals surface area (Å²) in [5.41, 5.74) is 5.96. The number of fused-ring (bicyclic) bond motifs is 2. The van der Waals surface area contributed by atoms with Gasteiger partial charge in [0, 0.05) is 33.6 Å². The predicted molar refractivity (Wildman–Crippen MR) is 102 cm³/mol. The van der Waals surface area contributed by atoms with Gasteiger partial charge >= 0.3 is 0 Å². The maximum atomic E-state index is 4.82. The molecule has 0 bridgehead atoms. The van der Waals surface area contributed by atoms with Crippen molar-refractivity contribution in [3.05, 3.63) is 85.1 Å². The van der Waals surface area contributed by atoms with E-state index in [1.165, 1.54) is 5.39 Å². The van der Waals surface area contributed by atoms with Gasteiger partial charge in [-0.1, -0.05) is 48.5 Å². The first-order chi connectivity index (χ1) is 12.4. The zero-order valence-electron chi connectivity index (χ0n) is 13.5. The SMILES string of the molecule is c1ccc(-c2ccc3ccc(-c4c[nH]c5ccccc45)nc3n2)cc1. The van der Waals surface area contributed by atoms with Gasteiger partial charge in [0.1, 0.15) is 0 Å². The summed E-state index contributed by atoms with van der Waals surface area (Å²) >= 11 is 0. The third kappa shape index (κ3) is 2.37. The van der Waals surface area contributed by atoms with Crippen LogP contribution in [0.1, 0.15) is 0 Å². The summed E-state index contributed by atoms with van der Waals surface area (Å²) in [5, 5.41) is 2.22. The molecule has 0 saturated carbocycles. The zero-order chi connectivity index (χ0) is 16.6. The zero-order valence-corrected chi connectivity index (χ0v) is 13.5. The summed E-state index contributed by atoms with van der Waals surface area (Å²) in [6.07, 6.45) is 2.01. The molecule has 0 unspecified atom stereocenters. The fraction of sp³-hybridized carbons (Fsp3) is 0. The highest BCUT2D eigenvalue weighted by molar-refractivity contribution is 5.95. The summed E-state index contributed by atoms with van der Waals surface area (Å²) in [6, 6.07) is 26.7. The van der Waals surface area contributed by atoms with Gasteiger partial charge in [0.05, 0.1) is 11.4 Å². The smallest absolute Gasteiger partial charge is 0.160 e. The third-order valence-corrected chi connectivity index (χ3v) is 4.49. The lowest BCUT2D eigenvalue weighted by molar-refractivity contribution is 1.29. The Morgan fingerprint density at radius 1 is 0.640 bits per heavy atom. The van der Waals surface area contributed by atoms with Gasteiger partial charge in [0.25, 0.3) is 0 Å². The second-order valence-corrected chi connectivity index (χ2v) is 6.05. The average molecular weight is 321 g/mol. The molecule has 2 aromatic carbocycles. The maximum absolute atomic E-state index is 4.82. The van der Waals surface area contributed by atoms with Crippen molar-refractivity contribution in [2.24, 2.45) is 0 Å². The van der Waals surface area contributed by atoms with E-state index in [9.17, 15) is 0 Å². The van der Waals surface area contributed by atoms with Crippen LogP contribution in [0.2, 0.25) is 0 Å². The molecule has 0 spiro atoms. The van der Waals surface area contributed by atoms with Gasteiger partial charge in [-0.25, -0.2) is 9.97 Å². The standard InChI is InChI=1S/C22H15N3/c1-2-6-15(7-3-1)19-12-10-16-11-13-21(25-22(16)24-19)18-14-23-20-9-5-4-8-17(18)20/h1-14,23H. The Labute approximate surface area is 145 Å². The molecule has 0 saturated heterocycles. The van der Waals surface area contributed by atoms with Gasteiger partial charge in [0.2, 0.25) is 0 Å². The molecule has 0 fully saturated rings. The van der Waals surface area contributed by atoms with E-state index >= 15 is 0 Å². The predicted octanol–water partition coefficient (Wildman–Crippen LogP) is 5.45. The van der Waals surface area contributed by atoms with Gasteiger partial charge < -0.3 is 4.98 Å². The minimum atomic E-state index is 0.768. The largest absolute Gasteiger partial charge is 0.360 e. The lowest BCUT2D eigenvalue weighted by Gasteiger charge is -2.05. The van der Waals surface area contributed by atoms with E-state index in [0.717, 1.165) is 39.1 Å². The minimum Gasteiger partial charge on any atom is -0.360 e. The maximum Gasteiger partial charge on any atom is 0.160 e. The van der Waals surface area contributed by atoms with Crippen molar-refractivity contribution >= 4 is 21.9 Å². The molecule has 3 heteroatoms. The van der Waals surface area contributed by atoms with Gasteiger partial charge in [-0.05, 0) is 30.3 Å². The number of nitrogens with one attached hydrogen (secondary N) is 1. The van der Waals surface area contributed by atoms with Crippen LogP contribution in [0.5, 0.6) is 0 Å². The van der Waals surface area contributed by atoms with E-state index in [1.54, 1.807) is 0 Å². The van der Waals surface area contributed by atoms with Gasteiger partial charge in [0.15, 0.2) is 5.65 Å². The molecule has 5 aromatic rings. The molecule has 25 heavy (non-hydrogen) atoms. The fourth-order valence-corrected chi connectivity index (χ4v) is 3.20. The van der Waals surface area contributed by atoms with Crippen LogP contribution in [0, 0.1) is 0 Å². The van der Waals surface area contributed by atoms with Crippen LogP contribution in [0.3, 0.4) is 0 Å². The number of aromatic nitrogens is 3. The third-order valence-electron chi connectivity index (χ3n) is 4.49. The van der Waals surface area contributed by atoms with E-state index < -0.39 is 0 Å². The quantitative estimate of drug-likeness (QED) is 0.470. The monoisotopic (exact) mass is 321 g/mol. The molecule has 0 aliphatic carbocycles. The Morgan fingerprint density at radius 2 is 1.36 bits per heavy atom. The molecule has 0 radical (unpaired) electrons. The van der Waals surface area contributed by atoms with E-state index in [2.05, 4.69) is 47.4 Å². The van der Waals surface area contributed by atoms with Gasteiger partial charge in [-0.2, -0.15) is 0 Å². The molecule has 0 atom stereocenters. The number of para-hydroxylation sites is 1. The number of nitrogens with zero attached hydrogens (tertiary/aromatic N) is 2. The number of rotatable bonds is 2. The summed E-state index contributed by atoms with van der Waals surface area (Å²) in [4.78, 5) is 12.9. The summed E-state index contributed by atoms with van der Waals surface area (Å²) in [6.45, 7) is 0. The van der Waals surface area contributed by atoms with Crippen LogP contribution in [0.4, 0.5) is 0 Å². The minimum absolute atomic E-state index is 0.768. The lowest BCUT2D eigenvalue weighted by Crippen LogP contribution is -1.90. The normalized spacial score (nSPS) is 11.2. The van der Waals surface area contributed by atoms with E-state index in [-0.39, 0.29) is 0 Å². The van der Waals surface area contributed by atoms with Crippen molar-refractivity contribution in [1.82, 2.24) is 15.0 Å². The lowest BCUT2D eigenvalue weighted by atomic mass is 10.1. The molecule has 3 nitrogen and oxygen atoms in total. The summed E-state index contributed by atoms with van der Waals surface area (Å²) in [5.74, 6) is 0. The topological polar surface area (TPSA) is 41.6 Å². The van der Waals surface area contributed by atoms with Crippen molar-refractivity contribution < 1.29 is 0 Å². The number of pyridine rings is 2. The molecule has 0 aliphatic rings. The molecule has 118 valence electrons. The molecule has 0 amide bonds. The fourth-order valence-electron chi connectivity index (χ4n) is 3.20. The van der Waals surface area contributed by atoms with Crippen LogP contribution >= 0.6 is 0 Å². The number of hydrogen-bond acceptors (Lipinski definition) is 2. The van der Waals surface area contributed by atoms with Crippen LogP contribution in [-0.4, -0.2) is 15.0 Å². The average Bonchev–Trinajstić information content (AvgIpc) is 3.12. The second kappa shape index (κ2) is 5.56. The summed E-state index contributed by atoms with van der Waals surface area (Å²) < 4.78 is 0. The van der Waals surface area contributed by atoms with Crippen molar-refractivity contribution in [2.75, 3.05) is 0 Å². The van der Waals surface area contributed by atoms with Crippen LogP contribution in [-0.2, 0) is 0 Å². The van der Waals surface area contributed by atoms with E-state index in [0.29, 0.717) is 0 Å². The number of benzene rings is 2. The van der Waals surface area contributed by atoms with Crippen molar-refractivity contribution in [1.29, 1.82) is 0 Å². The van der Waals surface area contributed by atoms with Crippen molar-refractivity contribution in [3.8, 4) is 22.5 Å². The number of hydrogen-bond donors (Lipinski definition) is 1. The van der Waals surface area contributed by atoms with Gasteiger partial charge in [-0.15, -0.1) is 0 Å². The van der Waals surface area contributed by atoms with E-state index in [1.807, 2.05) is 42.6 Å². The molecular weight excluding hydrogens is 306 g/mol. The Kier molecular flexibility index (Phi) is 3.10. The summed E-state index contributed by atoms with van der Waals surface area (Å²) in [7, 11) is 0. The Balaban J connectivity index is 1.68. The highest BCUT2D eigenvalue weighted by atomic mass is 14.9. The Morgan fingerprint density at radius 3 is 2.24 bits per heavy atom. The molecular formula is C22H15N3. The molecule has 3 aromatic heterocycles. The highest BCUT2D eigenvalue weighted by Gasteiger charge is 2.09.